The number of carbonyl (C=O) groups is 1. The molecule has 1 heterocycles. The summed E-state index contributed by atoms with van der Waals surface area (Å²) in [6.07, 6.45) is 6.24. The summed E-state index contributed by atoms with van der Waals surface area (Å²) >= 11 is 3.40. The Labute approximate surface area is 128 Å². The van der Waals surface area contributed by atoms with Crippen LogP contribution in [0.1, 0.15) is 44.2 Å². The van der Waals surface area contributed by atoms with E-state index in [0.29, 0.717) is 18.8 Å². The maximum Gasteiger partial charge on any atom is 0.226 e. The summed E-state index contributed by atoms with van der Waals surface area (Å²) in [5.74, 6) is 0.630. The summed E-state index contributed by atoms with van der Waals surface area (Å²) in [4.78, 5) is 16.6. The Bertz CT molecular complexity index is 484. The van der Waals surface area contributed by atoms with Crippen LogP contribution in [0.3, 0.4) is 0 Å². The lowest BCUT2D eigenvalue weighted by atomic mass is 9.71. The maximum absolute atomic E-state index is 12.2. The fourth-order valence-electron chi connectivity index (χ4n) is 2.90. The molecule has 0 aromatic carbocycles. The molecule has 0 saturated heterocycles. The number of pyridine rings is 1. The molecule has 1 aromatic heterocycles. The summed E-state index contributed by atoms with van der Waals surface area (Å²) in [5.41, 5.74) is 6.78. The van der Waals surface area contributed by atoms with Crippen molar-refractivity contribution in [3.05, 3.63) is 22.3 Å². The molecule has 1 aliphatic carbocycles. The number of rotatable bonds is 4. The number of hydrogen-bond donors (Lipinski definition) is 2. The number of carbonyl (C=O) groups excluding carboxylic acids is 1. The van der Waals surface area contributed by atoms with E-state index >= 15 is 0 Å². The smallest absolute Gasteiger partial charge is 0.226 e. The second kappa shape index (κ2) is 6.68. The van der Waals surface area contributed by atoms with Crippen molar-refractivity contribution < 1.29 is 4.79 Å². The zero-order valence-corrected chi connectivity index (χ0v) is 13.5. The van der Waals surface area contributed by atoms with Gasteiger partial charge in [-0.15, -0.1) is 0 Å². The first kappa shape index (κ1) is 15.4. The third-order valence-corrected chi connectivity index (χ3v) is 5.01. The van der Waals surface area contributed by atoms with Gasteiger partial charge in [-0.25, -0.2) is 4.98 Å². The molecule has 1 saturated carbocycles. The minimum atomic E-state index is -0.00720. The van der Waals surface area contributed by atoms with Gasteiger partial charge in [0.15, 0.2) is 0 Å². The molecule has 1 aliphatic rings. The molecule has 2 rings (SSSR count). The lowest BCUT2D eigenvalue weighted by Gasteiger charge is -2.35. The van der Waals surface area contributed by atoms with Gasteiger partial charge in [-0.2, -0.15) is 0 Å². The topological polar surface area (TPSA) is 68.0 Å². The van der Waals surface area contributed by atoms with Crippen LogP contribution in [-0.4, -0.2) is 17.4 Å². The van der Waals surface area contributed by atoms with Gasteiger partial charge in [0.05, 0.1) is 5.69 Å². The summed E-state index contributed by atoms with van der Waals surface area (Å²) in [7, 11) is 0. The van der Waals surface area contributed by atoms with Gasteiger partial charge in [-0.05, 0) is 59.8 Å². The van der Waals surface area contributed by atoms with E-state index in [4.69, 9.17) is 5.73 Å². The van der Waals surface area contributed by atoms with Crippen LogP contribution < -0.4 is 11.1 Å². The lowest BCUT2D eigenvalue weighted by Crippen LogP contribution is -2.36. The molecule has 0 bridgehead atoms. The molecule has 3 N–H and O–H groups in total. The summed E-state index contributed by atoms with van der Waals surface area (Å²) < 4.78 is 0.946. The van der Waals surface area contributed by atoms with Gasteiger partial charge < -0.3 is 11.1 Å². The van der Waals surface area contributed by atoms with E-state index in [1.54, 1.807) is 0 Å². The molecular formula is C15H22BrN3O. The van der Waals surface area contributed by atoms with E-state index in [0.717, 1.165) is 23.0 Å². The zero-order chi connectivity index (χ0) is 14.6. The van der Waals surface area contributed by atoms with Crippen LogP contribution in [0.25, 0.3) is 0 Å². The van der Waals surface area contributed by atoms with E-state index in [1.165, 1.54) is 19.3 Å². The van der Waals surface area contributed by atoms with Crippen molar-refractivity contribution in [1.82, 2.24) is 4.98 Å². The Morgan fingerprint density at radius 2 is 2.10 bits per heavy atom. The molecule has 20 heavy (non-hydrogen) atoms. The fraction of sp³-hybridized carbons (Fsp3) is 0.600. The Morgan fingerprint density at radius 3 is 2.70 bits per heavy atom. The number of nitrogens with one attached hydrogen (secondary N) is 1. The van der Waals surface area contributed by atoms with E-state index in [1.807, 2.05) is 19.1 Å². The standard InChI is InChI=1S/C15H22BrN3O/c1-11-12(16)5-6-13(18-11)19-14(20)9-15(10-17)7-3-2-4-8-15/h5-6H,2-4,7-10,17H2,1H3,(H,18,19,20). The van der Waals surface area contributed by atoms with Crippen molar-refractivity contribution in [3.8, 4) is 0 Å². The Hall–Kier alpha value is -0.940. The fourth-order valence-corrected chi connectivity index (χ4v) is 3.12. The molecule has 0 atom stereocenters. The summed E-state index contributed by atoms with van der Waals surface area (Å²) in [6, 6.07) is 3.71. The van der Waals surface area contributed by atoms with Crippen molar-refractivity contribution in [2.45, 2.75) is 45.4 Å². The third-order valence-electron chi connectivity index (χ3n) is 4.17. The van der Waals surface area contributed by atoms with Crippen LogP contribution in [0.2, 0.25) is 0 Å². The third kappa shape index (κ3) is 3.79. The van der Waals surface area contributed by atoms with Crippen LogP contribution >= 0.6 is 15.9 Å². The van der Waals surface area contributed by atoms with Gasteiger partial charge in [-0.3, -0.25) is 4.79 Å². The highest BCUT2D eigenvalue weighted by atomic mass is 79.9. The number of halogens is 1. The zero-order valence-electron chi connectivity index (χ0n) is 11.9. The van der Waals surface area contributed by atoms with Crippen molar-refractivity contribution in [2.75, 3.05) is 11.9 Å². The Kier molecular flexibility index (Phi) is 5.16. The second-order valence-corrected chi connectivity index (χ2v) is 6.61. The number of nitrogens with two attached hydrogens (primary N) is 1. The van der Waals surface area contributed by atoms with Crippen LogP contribution in [0.4, 0.5) is 5.82 Å². The van der Waals surface area contributed by atoms with E-state index in [-0.39, 0.29) is 11.3 Å². The van der Waals surface area contributed by atoms with E-state index in [9.17, 15) is 4.79 Å². The summed E-state index contributed by atoms with van der Waals surface area (Å²) in [5, 5.41) is 2.89. The first-order chi connectivity index (χ1) is 9.54. The lowest BCUT2D eigenvalue weighted by molar-refractivity contribution is -0.118. The van der Waals surface area contributed by atoms with Crippen LogP contribution in [0.15, 0.2) is 16.6 Å². The van der Waals surface area contributed by atoms with Crippen molar-refractivity contribution in [1.29, 1.82) is 0 Å². The quantitative estimate of drug-likeness (QED) is 0.883. The molecule has 0 radical (unpaired) electrons. The number of aryl methyl sites for hydroxylation is 1. The number of amides is 1. The largest absolute Gasteiger partial charge is 0.330 e. The SMILES string of the molecule is Cc1nc(NC(=O)CC2(CN)CCCCC2)ccc1Br. The highest BCUT2D eigenvalue weighted by Crippen LogP contribution is 2.38. The maximum atomic E-state index is 12.2. The minimum Gasteiger partial charge on any atom is -0.330 e. The van der Waals surface area contributed by atoms with Crippen molar-refractivity contribution in [3.63, 3.8) is 0 Å². The molecule has 1 fully saturated rings. The van der Waals surface area contributed by atoms with Gasteiger partial charge in [-0.1, -0.05) is 19.3 Å². The second-order valence-electron chi connectivity index (χ2n) is 5.75. The highest BCUT2D eigenvalue weighted by molar-refractivity contribution is 9.10. The van der Waals surface area contributed by atoms with Crippen LogP contribution in [0.5, 0.6) is 0 Å². The molecular weight excluding hydrogens is 318 g/mol. The van der Waals surface area contributed by atoms with E-state index in [2.05, 4.69) is 26.2 Å². The number of anilines is 1. The normalized spacial score (nSPS) is 17.8. The predicted molar refractivity (Wildman–Crippen MR) is 84.5 cm³/mol. The highest BCUT2D eigenvalue weighted by Gasteiger charge is 2.33. The molecule has 0 aliphatic heterocycles. The number of nitrogens with zero attached hydrogens (tertiary/aromatic N) is 1. The van der Waals surface area contributed by atoms with Gasteiger partial charge in [0, 0.05) is 10.9 Å². The molecule has 1 aromatic rings. The molecule has 1 amide bonds. The Balaban J connectivity index is 1.98. The molecule has 5 heteroatoms. The van der Waals surface area contributed by atoms with Crippen LogP contribution in [-0.2, 0) is 4.79 Å². The molecule has 4 nitrogen and oxygen atoms in total. The summed E-state index contributed by atoms with van der Waals surface area (Å²) in [6.45, 7) is 2.50. The Morgan fingerprint density at radius 1 is 1.40 bits per heavy atom. The predicted octanol–water partition coefficient (Wildman–Crippen LogP) is 3.39. The van der Waals surface area contributed by atoms with E-state index < -0.39 is 0 Å². The van der Waals surface area contributed by atoms with Gasteiger partial charge in [0.25, 0.3) is 0 Å². The first-order valence-corrected chi connectivity index (χ1v) is 7.97. The van der Waals surface area contributed by atoms with Gasteiger partial charge in [0.1, 0.15) is 5.82 Å². The molecule has 0 unspecified atom stereocenters. The van der Waals surface area contributed by atoms with Crippen molar-refractivity contribution in [2.24, 2.45) is 11.1 Å². The van der Waals surface area contributed by atoms with Gasteiger partial charge in [0.2, 0.25) is 5.91 Å². The van der Waals surface area contributed by atoms with Crippen LogP contribution in [0, 0.1) is 12.3 Å². The molecule has 110 valence electrons. The average molecular weight is 340 g/mol. The number of hydrogen-bond acceptors (Lipinski definition) is 3. The van der Waals surface area contributed by atoms with Crippen molar-refractivity contribution >= 4 is 27.7 Å². The molecule has 0 spiro atoms. The first-order valence-electron chi connectivity index (χ1n) is 7.18. The van der Waals surface area contributed by atoms with Gasteiger partial charge >= 0.3 is 0 Å². The average Bonchev–Trinajstić information content (AvgIpc) is 2.44. The number of aromatic nitrogens is 1. The minimum absolute atomic E-state index is 0.00720. The monoisotopic (exact) mass is 339 g/mol.